The highest BCUT2D eigenvalue weighted by Gasteiger charge is 2.06. The van der Waals surface area contributed by atoms with E-state index in [1.165, 1.54) is 11.1 Å². The molecular formula is C10H16N2. The van der Waals surface area contributed by atoms with Crippen LogP contribution >= 0.6 is 0 Å². The van der Waals surface area contributed by atoms with Crippen molar-refractivity contribution in [1.29, 1.82) is 0 Å². The molecule has 1 aromatic heterocycles. The van der Waals surface area contributed by atoms with E-state index in [0.29, 0.717) is 5.92 Å². The fourth-order valence-electron chi connectivity index (χ4n) is 1.41. The monoisotopic (exact) mass is 164 g/mol. The summed E-state index contributed by atoms with van der Waals surface area (Å²) in [7, 11) is 1.97. The molecule has 0 aliphatic carbocycles. The van der Waals surface area contributed by atoms with Gasteiger partial charge in [-0.2, -0.15) is 0 Å². The fourth-order valence-corrected chi connectivity index (χ4v) is 1.41. The number of rotatable bonds is 3. The number of aryl methyl sites for hydroxylation is 1. The lowest BCUT2D eigenvalue weighted by molar-refractivity contribution is 0.672. The van der Waals surface area contributed by atoms with Gasteiger partial charge in [0.2, 0.25) is 0 Å². The Bertz CT molecular complexity index is 245. The molecule has 66 valence electrons. The van der Waals surface area contributed by atoms with E-state index < -0.39 is 0 Å². The van der Waals surface area contributed by atoms with Crippen molar-refractivity contribution in [3.8, 4) is 0 Å². The first-order chi connectivity index (χ1) is 5.75. The van der Waals surface area contributed by atoms with Gasteiger partial charge in [-0.3, -0.25) is 4.98 Å². The molecule has 0 aliphatic heterocycles. The van der Waals surface area contributed by atoms with Crippen molar-refractivity contribution >= 4 is 0 Å². The van der Waals surface area contributed by atoms with Gasteiger partial charge in [-0.05, 0) is 37.1 Å². The van der Waals surface area contributed by atoms with Crippen LogP contribution in [-0.2, 0) is 0 Å². The Morgan fingerprint density at radius 2 is 2.33 bits per heavy atom. The predicted octanol–water partition coefficient (Wildman–Crippen LogP) is 1.71. The Morgan fingerprint density at radius 1 is 1.58 bits per heavy atom. The highest BCUT2D eigenvalue weighted by atomic mass is 14.8. The zero-order valence-corrected chi connectivity index (χ0v) is 7.96. The molecule has 1 N–H and O–H groups in total. The molecule has 0 aliphatic rings. The van der Waals surface area contributed by atoms with Crippen molar-refractivity contribution in [3.63, 3.8) is 0 Å². The van der Waals surface area contributed by atoms with Crippen molar-refractivity contribution in [2.45, 2.75) is 19.8 Å². The van der Waals surface area contributed by atoms with Crippen LogP contribution in [0, 0.1) is 6.92 Å². The second kappa shape index (κ2) is 4.21. The van der Waals surface area contributed by atoms with Crippen LogP contribution in [0.5, 0.6) is 0 Å². The molecule has 0 saturated heterocycles. The van der Waals surface area contributed by atoms with Crippen LogP contribution < -0.4 is 5.32 Å². The molecule has 0 amide bonds. The van der Waals surface area contributed by atoms with Crippen LogP contribution in [0.1, 0.15) is 24.0 Å². The summed E-state index contributed by atoms with van der Waals surface area (Å²) >= 11 is 0. The van der Waals surface area contributed by atoms with Gasteiger partial charge in [0.1, 0.15) is 0 Å². The largest absolute Gasteiger partial charge is 0.319 e. The molecule has 1 rings (SSSR count). The van der Waals surface area contributed by atoms with Crippen molar-refractivity contribution in [1.82, 2.24) is 10.3 Å². The minimum absolute atomic E-state index is 0.545. The second-order valence-corrected chi connectivity index (χ2v) is 3.19. The Balaban J connectivity index is 2.79. The minimum atomic E-state index is 0.545. The lowest BCUT2D eigenvalue weighted by Crippen LogP contribution is -2.15. The molecule has 0 bridgehead atoms. The molecule has 1 unspecified atom stereocenters. The van der Waals surface area contributed by atoms with Gasteiger partial charge in [0.05, 0.1) is 0 Å². The number of nitrogens with zero attached hydrogens (tertiary/aromatic N) is 1. The zero-order valence-electron chi connectivity index (χ0n) is 7.96. The molecule has 0 fully saturated rings. The number of pyridine rings is 1. The van der Waals surface area contributed by atoms with Crippen molar-refractivity contribution in [3.05, 3.63) is 29.6 Å². The van der Waals surface area contributed by atoms with Crippen LogP contribution in [0.15, 0.2) is 18.5 Å². The molecule has 1 heterocycles. The SMILES string of the molecule is CNCC(C)c1cnccc1C. The Labute approximate surface area is 74.0 Å². The van der Waals surface area contributed by atoms with E-state index >= 15 is 0 Å². The minimum Gasteiger partial charge on any atom is -0.319 e. The quantitative estimate of drug-likeness (QED) is 0.735. The summed E-state index contributed by atoms with van der Waals surface area (Å²) in [6.07, 6.45) is 3.79. The molecule has 1 atom stereocenters. The normalized spacial score (nSPS) is 12.9. The number of aromatic nitrogens is 1. The third-order valence-electron chi connectivity index (χ3n) is 2.12. The van der Waals surface area contributed by atoms with Crippen LogP contribution in [-0.4, -0.2) is 18.6 Å². The van der Waals surface area contributed by atoms with Gasteiger partial charge >= 0.3 is 0 Å². The Morgan fingerprint density at radius 3 is 2.92 bits per heavy atom. The first-order valence-electron chi connectivity index (χ1n) is 4.30. The fraction of sp³-hybridized carbons (Fsp3) is 0.500. The molecule has 1 aromatic rings. The topological polar surface area (TPSA) is 24.9 Å². The molecule has 0 aromatic carbocycles. The van der Waals surface area contributed by atoms with Gasteiger partial charge in [0.25, 0.3) is 0 Å². The second-order valence-electron chi connectivity index (χ2n) is 3.19. The third kappa shape index (κ3) is 2.05. The van der Waals surface area contributed by atoms with Crippen LogP contribution in [0.3, 0.4) is 0 Å². The molecule has 0 spiro atoms. The summed E-state index contributed by atoms with van der Waals surface area (Å²) < 4.78 is 0. The van der Waals surface area contributed by atoms with Gasteiger partial charge in [-0.15, -0.1) is 0 Å². The highest BCUT2D eigenvalue weighted by Crippen LogP contribution is 2.16. The lowest BCUT2D eigenvalue weighted by Gasteiger charge is -2.12. The lowest BCUT2D eigenvalue weighted by atomic mass is 9.99. The number of likely N-dealkylation sites (N-methyl/N-ethyl adjacent to an activating group) is 1. The smallest absolute Gasteiger partial charge is 0.0305 e. The van der Waals surface area contributed by atoms with E-state index in [-0.39, 0.29) is 0 Å². The third-order valence-corrected chi connectivity index (χ3v) is 2.12. The van der Waals surface area contributed by atoms with Gasteiger partial charge < -0.3 is 5.32 Å². The standard InChI is InChI=1S/C10H16N2/c1-8-4-5-12-7-10(8)9(2)6-11-3/h4-5,7,9,11H,6H2,1-3H3. The van der Waals surface area contributed by atoms with Crippen LogP contribution in [0.2, 0.25) is 0 Å². The van der Waals surface area contributed by atoms with E-state index in [2.05, 4.69) is 30.2 Å². The molecule has 2 heteroatoms. The van der Waals surface area contributed by atoms with Gasteiger partial charge in [-0.25, -0.2) is 0 Å². The van der Waals surface area contributed by atoms with E-state index in [9.17, 15) is 0 Å². The zero-order chi connectivity index (χ0) is 8.97. The number of hydrogen-bond acceptors (Lipinski definition) is 2. The predicted molar refractivity (Wildman–Crippen MR) is 51.3 cm³/mol. The summed E-state index contributed by atoms with van der Waals surface area (Å²) in [6.45, 7) is 5.34. The van der Waals surface area contributed by atoms with Crippen LogP contribution in [0.25, 0.3) is 0 Å². The number of hydrogen-bond donors (Lipinski definition) is 1. The molecule has 0 radical (unpaired) electrons. The Hall–Kier alpha value is -0.890. The summed E-state index contributed by atoms with van der Waals surface area (Å²) in [4.78, 5) is 4.12. The van der Waals surface area contributed by atoms with Gasteiger partial charge in [-0.1, -0.05) is 6.92 Å². The van der Waals surface area contributed by atoms with Gasteiger partial charge in [0, 0.05) is 18.9 Å². The summed E-state index contributed by atoms with van der Waals surface area (Å²) in [5, 5.41) is 3.17. The van der Waals surface area contributed by atoms with E-state index in [0.717, 1.165) is 6.54 Å². The van der Waals surface area contributed by atoms with E-state index in [1.54, 1.807) is 0 Å². The molecule has 2 nitrogen and oxygen atoms in total. The maximum atomic E-state index is 4.12. The highest BCUT2D eigenvalue weighted by molar-refractivity contribution is 5.25. The van der Waals surface area contributed by atoms with Gasteiger partial charge in [0.15, 0.2) is 0 Å². The molecule has 12 heavy (non-hydrogen) atoms. The number of nitrogens with one attached hydrogen (secondary N) is 1. The molecule has 0 saturated carbocycles. The first kappa shape index (κ1) is 9.20. The Kier molecular flexibility index (Phi) is 3.23. The summed E-state index contributed by atoms with van der Waals surface area (Å²) in [6, 6.07) is 2.06. The average molecular weight is 164 g/mol. The van der Waals surface area contributed by atoms with Crippen LogP contribution in [0.4, 0.5) is 0 Å². The average Bonchev–Trinajstić information content (AvgIpc) is 2.05. The molecular weight excluding hydrogens is 148 g/mol. The van der Waals surface area contributed by atoms with Crippen molar-refractivity contribution < 1.29 is 0 Å². The maximum absolute atomic E-state index is 4.12. The van der Waals surface area contributed by atoms with Crippen molar-refractivity contribution in [2.75, 3.05) is 13.6 Å². The summed E-state index contributed by atoms with van der Waals surface area (Å²) in [5.74, 6) is 0.545. The summed E-state index contributed by atoms with van der Waals surface area (Å²) in [5.41, 5.74) is 2.67. The van der Waals surface area contributed by atoms with E-state index in [4.69, 9.17) is 0 Å². The first-order valence-corrected chi connectivity index (χ1v) is 4.30. The maximum Gasteiger partial charge on any atom is 0.0305 e. The van der Waals surface area contributed by atoms with Crippen molar-refractivity contribution in [2.24, 2.45) is 0 Å². The van der Waals surface area contributed by atoms with E-state index in [1.807, 2.05) is 19.4 Å².